The molecule has 8 nitrogen and oxygen atoms in total. The number of rotatable bonds is 11. The summed E-state index contributed by atoms with van der Waals surface area (Å²) < 4.78 is 49.6. The molecule has 0 fully saturated rings. The Bertz CT molecular complexity index is 1840. The van der Waals surface area contributed by atoms with Gasteiger partial charge in [0.1, 0.15) is 29.8 Å². The van der Waals surface area contributed by atoms with Crippen LogP contribution in [-0.2, 0) is 24.3 Å². The number of carbonyl (C=O) groups excluding carboxylic acids is 1. The van der Waals surface area contributed by atoms with Gasteiger partial charge in [-0.05, 0) is 67.1 Å². The van der Waals surface area contributed by atoms with Gasteiger partial charge in [-0.1, -0.05) is 6.07 Å². The highest BCUT2D eigenvalue weighted by molar-refractivity contribution is 5.97. The van der Waals surface area contributed by atoms with Gasteiger partial charge in [0, 0.05) is 48.5 Å². The monoisotopic (exact) mass is 582 g/mol. The normalized spacial score (nSPS) is 11.0. The summed E-state index contributed by atoms with van der Waals surface area (Å²) in [4.78, 5) is 20.9. The van der Waals surface area contributed by atoms with Gasteiger partial charge in [0.25, 0.3) is 0 Å². The summed E-state index contributed by atoms with van der Waals surface area (Å²) in [5.41, 5.74) is 3.47. The van der Waals surface area contributed by atoms with Crippen LogP contribution in [0.25, 0.3) is 22.2 Å². The molecule has 2 heterocycles. The minimum Gasteiger partial charge on any atom is -0.496 e. The molecule has 0 N–H and O–H groups in total. The minimum absolute atomic E-state index is 0.0605. The van der Waals surface area contributed by atoms with Crippen molar-refractivity contribution < 1.29 is 27.8 Å². The number of benzene rings is 3. The molecule has 0 unspecified atom stereocenters. The Hall–Kier alpha value is -5.14. The summed E-state index contributed by atoms with van der Waals surface area (Å²) in [7, 11) is 3.06. The number of fused-ring (bicyclic) bond motifs is 1. The van der Waals surface area contributed by atoms with E-state index in [9.17, 15) is 4.79 Å². The fourth-order valence-electron chi connectivity index (χ4n) is 4.85. The number of Topliss-reactive ketones (excluding diaryl/α,β-unsaturated/α-hetero) is 1. The van der Waals surface area contributed by atoms with E-state index < -0.39 is 11.6 Å². The maximum Gasteiger partial charge on any atom is 0.221 e. The first kappa shape index (κ1) is 29.4. The second kappa shape index (κ2) is 12.8. The van der Waals surface area contributed by atoms with Gasteiger partial charge in [-0.3, -0.25) is 4.79 Å². The SMILES string of the molecule is COCCn1c(Cc2c(F)cc(-c3cccnc3OCc3ccc(C#N)cc3OC)cc2F)nc2ccc(C(C)=O)cc21. The number of aromatic nitrogens is 3. The topological polar surface area (TPSA) is 99.3 Å². The fourth-order valence-corrected chi connectivity index (χ4v) is 4.85. The van der Waals surface area contributed by atoms with Crippen molar-refractivity contribution >= 4 is 16.8 Å². The smallest absolute Gasteiger partial charge is 0.221 e. The van der Waals surface area contributed by atoms with E-state index in [2.05, 4.69) is 16.0 Å². The van der Waals surface area contributed by atoms with Crippen LogP contribution < -0.4 is 9.47 Å². The van der Waals surface area contributed by atoms with Gasteiger partial charge in [-0.2, -0.15) is 5.26 Å². The molecule has 5 aromatic rings. The zero-order chi connectivity index (χ0) is 30.5. The van der Waals surface area contributed by atoms with Crippen LogP contribution in [0, 0.1) is 23.0 Å². The third-order valence-electron chi connectivity index (χ3n) is 7.09. The summed E-state index contributed by atoms with van der Waals surface area (Å²) in [5.74, 6) is -0.470. The quantitative estimate of drug-likeness (QED) is 0.169. The number of nitrogens with zero attached hydrogens (tertiary/aromatic N) is 4. The minimum atomic E-state index is -0.742. The molecule has 43 heavy (non-hydrogen) atoms. The lowest BCUT2D eigenvalue weighted by Crippen LogP contribution is -2.10. The number of nitriles is 1. The van der Waals surface area contributed by atoms with Gasteiger partial charge in [0.15, 0.2) is 5.78 Å². The molecule has 218 valence electrons. The molecule has 5 rings (SSSR count). The van der Waals surface area contributed by atoms with E-state index in [4.69, 9.17) is 19.5 Å². The first-order valence-corrected chi connectivity index (χ1v) is 13.4. The number of carbonyl (C=O) groups is 1. The summed E-state index contributed by atoms with van der Waals surface area (Å²) in [5, 5.41) is 9.15. The standard InChI is InChI=1S/C33H28F2N4O4/c1-20(40)22-8-9-29-30(16-22)39(11-12-41-2)32(38-29)17-26-27(34)14-24(15-28(26)35)25-5-4-10-37-33(25)43-19-23-7-6-21(18-36)13-31(23)42-3/h4-10,13-16H,11-12,17,19H2,1-3H3. The summed E-state index contributed by atoms with van der Waals surface area (Å²) >= 11 is 0. The van der Waals surface area contributed by atoms with Crippen LogP contribution in [0.5, 0.6) is 11.6 Å². The lowest BCUT2D eigenvalue weighted by Gasteiger charge is -2.14. The molecule has 0 aliphatic carbocycles. The Morgan fingerprint density at radius 1 is 1.05 bits per heavy atom. The predicted octanol–water partition coefficient (Wildman–Crippen LogP) is 6.28. The number of hydrogen-bond donors (Lipinski definition) is 0. The van der Waals surface area contributed by atoms with Crippen molar-refractivity contribution in [2.75, 3.05) is 20.8 Å². The molecule has 0 saturated carbocycles. The van der Waals surface area contributed by atoms with E-state index in [1.165, 1.54) is 32.4 Å². The van der Waals surface area contributed by atoms with E-state index in [1.807, 2.05) is 4.57 Å². The van der Waals surface area contributed by atoms with Crippen LogP contribution in [0.2, 0.25) is 0 Å². The Morgan fingerprint density at radius 3 is 2.53 bits per heavy atom. The highest BCUT2D eigenvalue weighted by Crippen LogP contribution is 2.33. The molecule has 3 aromatic carbocycles. The van der Waals surface area contributed by atoms with Crippen molar-refractivity contribution in [1.29, 1.82) is 5.26 Å². The number of ketones is 1. The number of halogens is 2. The van der Waals surface area contributed by atoms with Crippen molar-refractivity contribution in [3.63, 3.8) is 0 Å². The van der Waals surface area contributed by atoms with E-state index in [0.717, 1.165) is 0 Å². The third-order valence-corrected chi connectivity index (χ3v) is 7.09. The maximum atomic E-state index is 15.6. The average molecular weight is 583 g/mol. The van der Waals surface area contributed by atoms with Crippen molar-refractivity contribution in [2.24, 2.45) is 0 Å². The van der Waals surface area contributed by atoms with Crippen molar-refractivity contribution in [3.05, 3.63) is 107 Å². The van der Waals surface area contributed by atoms with Gasteiger partial charge < -0.3 is 18.8 Å². The molecule has 0 spiro atoms. The van der Waals surface area contributed by atoms with E-state index in [0.29, 0.717) is 58.0 Å². The first-order chi connectivity index (χ1) is 20.8. The largest absolute Gasteiger partial charge is 0.496 e. The van der Waals surface area contributed by atoms with Crippen molar-refractivity contribution in [1.82, 2.24) is 14.5 Å². The Kier molecular flexibility index (Phi) is 8.74. The fraction of sp³-hybridized carbons (Fsp3) is 0.212. The molecule has 0 atom stereocenters. The first-order valence-electron chi connectivity index (χ1n) is 13.4. The molecule has 10 heteroatoms. The molecular formula is C33H28F2N4O4. The Morgan fingerprint density at radius 2 is 1.84 bits per heavy atom. The highest BCUT2D eigenvalue weighted by atomic mass is 19.1. The number of pyridine rings is 1. The number of hydrogen-bond acceptors (Lipinski definition) is 7. The van der Waals surface area contributed by atoms with Crippen LogP contribution in [0.3, 0.4) is 0 Å². The van der Waals surface area contributed by atoms with E-state index in [1.54, 1.807) is 55.6 Å². The van der Waals surface area contributed by atoms with Crippen molar-refractivity contribution in [3.8, 4) is 28.8 Å². The third kappa shape index (κ3) is 6.22. The molecule has 0 aliphatic rings. The molecule has 0 amide bonds. The molecular weight excluding hydrogens is 554 g/mol. The molecule has 0 saturated heterocycles. The second-order valence-electron chi connectivity index (χ2n) is 9.81. The zero-order valence-electron chi connectivity index (χ0n) is 23.9. The predicted molar refractivity (Wildman–Crippen MR) is 156 cm³/mol. The van der Waals surface area contributed by atoms with Crippen molar-refractivity contribution in [2.45, 2.75) is 26.5 Å². The number of methoxy groups -OCH3 is 2. The van der Waals surface area contributed by atoms with Gasteiger partial charge in [-0.15, -0.1) is 0 Å². The average Bonchev–Trinajstić information content (AvgIpc) is 3.36. The molecule has 0 radical (unpaired) electrons. The number of imidazole rings is 1. The summed E-state index contributed by atoms with van der Waals surface area (Å²) in [6, 6.07) is 18.0. The zero-order valence-corrected chi connectivity index (χ0v) is 23.9. The van der Waals surface area contributed by atoms with Crippen LogP contribution in [0.1, 0.15) is 39.8 Å². The van der Waals surface area contributed by atoms with Crippen LogP contribution >= 0.6 is 0 Å². The lowest BCUT2D eigenvalue weighted by molar-refractivity contribution is 0.101. The lowest BCUT2D eigenvalue weighted by atomic mass is 10.0. The van der Waals surface area contributed by atoms with Crippen LogP contribution in [-0.4, -0.2) is 41.1 Å². The van der Waals surface area contributed by atoms with Crippen LogP contribution in [0.4, 0.5) is 8.78 Å². The number of ether oxygens (including phenoxy) is 3. The molecule has 0 bridgehead atoms. The highest BCUT2D eigenvalue weighted by Gasteiger charge is 2.20. The van der Waals surface area contributed by atoms with Gasteiger partial charge in [0.2, 0.25) is 5.88 Å². The van der Waals surface area contributed by atoms with Gasteiger partial charge in [-0.25, -0.2) is 18.7 Å². The summed E-state index contributed by atoms with van der Waals surface area (Å²) in [6.07, 6.45) is 1.42. The maximum absolute atomic E-state index is 15.6. The van der Waals surface area contributed by atoms with E-state index in [-0.39, 0.29) is 35.8 Å². The van der Waals surface area contributed by atoms with Gasteiger partial charge in [0.05, 0.1) is 36.4 Å². The Balaban J connectivity index is 1.45. The molecule has 0 aliphatic heterocycles. The Labute approximate surface area is 247 Å². The molecule has 2 aromatic heterocycles. The van der Waals surface area contributed by atoms with E-state index >= 15 is 8.78 Å². The summed E-state index contributed by atoms with van der Waals surface area (Å²) in [6.45, 7) is 2.29. The van der Waals surface area contributed by atoms with Crippen LogP contribution in [0.15, 0.2) is 66.9 Å². The van der Waals surface area contributed by atoms with Gasteiger partial charge >= 0.3 is 0 Å². The second-order valence-corrected chi connectivity index (χ2v) is 9.81.